The van der Waals surface area contributed by atoms with Crippen LogP contribution >= 0.6 is 0 Å². The Labute approximate surface area is 139 Å². The molecule has 0 spiro atoms. The maximum atomic E-state index is 12.1. The predicted molar refractivity (Wildman–Crippen MR) is 90.2 cm³/mol. The van der Waals surface area contributed by atoms with Crippen molar-refractivity contribution < 1.29 is 18.7 Å². The zero-order valence-electron chi connectivity index (χ0n) is 14.2. The molecule has 5 nitrogen and oxygen atoms in total. The van der Waals surface area contributed by atoms with Gasteiger partial charge in [-0.15, -0.1) is 0 Å². The van der Waals surface area contributed by atoms with E-state index in [1.807, 2.05) is 19.9 Å². The number of carbonyl (C=O) groups is 1. The highest BCUT2D eigenvalue weighted by Gasteiger charge is 2.40. The molecule has 0 aliphatic carbocycles. The average molecular weight is 328 g/mol. The van der Waals surface area contributed by atoms with E-state index in [2.05, 4.69) is 0 Å². The third kappa shape index (κ3) is 2.94. The second-order valence-corrected chi connectivity index (χ2v) is 6.53. The van der Waals surface area contributed by atoms with Gasteiger partial charge in [-0.3, -0.25) is 0 Å². The maximum Gasteiger partial charge on any atom is 0.336 e. The van der Waals surface area contributed by atoms with Crippen molar-refractivity contribution in [3.8, 4) is 5.75 Å². The summed E-state index contributed by atoms with van der Waals surface area (Å²) in [6.45, 7) is 7.28. The smallest absolute Gasteiger partial charge is 0.336 e. The van der Waals surface area contributed by atoms with Crippen LogP contribution < -0.4 is 10.4 Å². The summed E-state index contributed by atoms with van der Waals surface area (Å²) in [7, 11) is 0. The number of hydrogen-bond donors (Lipinski definition) is 0. The van der Waals surface area contributed by atoms with E-state index in [1.54, 1.807) is 32.1 Å². The van der Waals surface area contributed by atoms with E-state index in [9.17, 15) is 9.59 Å². The lowest BCUT2D eigenvalue weighted by Gasteiger charge is -2.39. The van der Waals surface area contributed by atoms with Crippen molar-refractivity contribution in [2.45, 2.75) is 45.8 Å². The molecule has 3 rings (SSSR count). The number of fused-ring (bicyclic) bond motifs is 2. The van der Waals surface area contributed by atoms with Gasteiger partial charge in [0, 0.05) is 29.5 Å². The molecule has 5 heteroatoms. The lowest BCUT2D eigenvalue weighted by molar-refractivity contribution is -0.156. The van der Waals surface area contributed by atoms with Crippen molar-refractivity contribution in [3.63, 3.8) is 0 Å². The van der Waals surface area contributed by atoms with E-state index in [1.165, 1.54) is 6.07 Å². The molecule has 0 saturated carbocycles. The number of hydrogen-bond acceptors (Lipinski definition) is 5. The van der Waals surface area contributed by atoms with E-state index in [0.29, 0.717) is 23.3 Å². The highest BCUT2D eigenvalue weighted by molar-refractivity contribution is 5.88. The Morgan fingerprint density at radius 1 is 1.33 bits per heavy atom. The lowest BCUT2D eigenvalue weighted by atomic mass is 9.90. The van der Waals surface area contributed by atoms with Gasteiger partial charge in [-0.05, 0) is 45.4 Å². The van der Waals surface area contributed by atoms with E-state index in [-0.39, 0.29) is 5.97 Å². The van der Waals surface area contributed by atoms with Crippen molar-refractivity contribution in [2.75, 3.05) is 0 Å². The van der Waals surface area contributed by atoms with Crippen LogP contribution in [0.4, 0.5) is 0 Å². The molecule has 0 bridgehead atoms. The van der Waals surface area contributed by atoms with Crippen LogP contribution in [-0.2, 0) is 16.0 Å². The van der Waals surface area contributed by atoms with Gasteiger partial charge in [-0.2, -0.15) is 0 Å². The first kappa shape index (κ1) is 16.3. The van der Waals surface area contributed by atoms with E-state index >= 15 is 0 Å². The van der Waals surface area contributed by atoms with Crippen molar-refractivity contribution >= 4 is 16.9 Å². The Morgan fingerprint density at radius 2 is 2.08 bits per heavy atom. The average Bonchev–Trinajstić information content (AvgIpc) is 2.52. The Balaban J connectivity index is 1.97. The summed E-state index contributed by atoms with van der Waals surface area (Å²) in [5.41, 5.74) is 0.895. The van der Waals surface area contributed by atoms with Gasteiger partial charge in [0.2, 0.25) is 0 Å². The van der Waals surface area contributed by atoms with Crippen LogP contribution in [-0.4, -0.2) is 17.7 Å². The number of rotatable bonds is 2. The number of allylic oxidation sites excluding steroid dienone is 1. The van der Waals surface area contributed by atoms with Crippen LogP contribution in [0.3, 0.4) is 0 Å². The first-order valence-corrected chi connectivity index (χ1v) is 7.90. The Kier molecular flexibility index (Phi) is 3.95. The molecule has 2 heterocycles. The van der Waals surface area contributed by atoms with Gasteiger partial charge in [0.1, 0.15) is 23.0 Å². The molecule has 0 saturated heterocycles. The number of carbonyl (C=O) groups excluding carboxylic acids is 1. The minimum atomic E-state index is -0.681. The normalized spacial score (nSPS) is 19.5. The second-order valence-electron chi connectivity index (χ2n) is 6.53. The van der Waals surface area contributed by atoms with Crippen LogP contribution in [0.15, 0.2) is 45.1 Å². The number of ether oxygens (including phenoxy) is 2. The third-order valence-electron chi connectivity index (χ3n) is 4.36. The van der Waals surface area contributed by atoms with Crippen LogP contribution in [0.2, 0.25) is 0 Å². The van der Waals surface area contributed by atoms with Gasteiger partial charge in [0.25, 0.3) is 0 Å². The quantitative estimate of drug-likeness (QED) is 0.480. The predicted octanol–water partition coefficient (Wildman–Crippen LogP) is 3.38. The second kappa shape index (κ2) is 5.82. The van der Waals surface area contributed by atoms with Gasteiger partial charge < -0.3 is 13.9 Å². The molecule has 0 radical (unpaired) electrons. The summed E-state index contributed by atoms with van der Waals surface area (Å²) >= 11 is 0. The summed E-state index contributed by atoms with van der Waals surface area (Å²) in [6, 6.07) is 6.73. The van der Waals surface area contributed by atoms with E-state index in [0.717, 1.165) is 10.9 Å². The van der Waals surface area contributed by atoms with Gasteiger partial charge in [-0.25, -0.2) is 9.59 Å². The molecule has 0 unspecified atom stereocenters. The molecule has 1 aliphatic rings. The summed E-state index contributed by atoms with van der Waals surface area (Å²) in [5.74, 6) is 0.311. The van der Waals surface area contributed by atoms with E-state index < -0.39 is 17.3 Å². The number of benzene rings is 1. The lowest BCUT2D eigenvalue weighted by Crippen LogP contribution is -2.48. The molecule has 2 aromatic rings. The maximum absolute atomic E-state index is 12.1. The number of esters is 1. The molecule has 24 heavy (non-hydrogen) atoms. The van der Waals surface area contributed by atoms with Crippen molar-refractivity contribution in [2.24, 2.45) is 0 Å². The Hall–Kier alpha value is -2.56. The first-order valence-electron chi connectivity index (χ1n) is 7.90. The fraction of sp³-hybridized carbons (Fsp3) is 0.368. The molecule has 0 fully saturated rings. The van der Waals surface area contributed by atoms with Crippen LogP contribution in [0.5, 0.6) is 5.75 Å². The van der Waals surface area contributed by atoms with Gasteiger partial charge in [0.15, 0.2) is 0 Å². The summed E-state index contributed by atoms with van der Waals surface area (Å²) in [4.78, 5) is 23.5. The molecule has 1 aromatic heterocycles. The minimum absolute atomic E-state index is 0.339. The van der Waals surface area contributed by atoms with E-state index in [4.69, 9.17) is 13.9 Å². The first-order chi connectivity index (χ1) is 11.3. The SMILES string of the molecule is C/C=C(/C)C(=O)O[C@@H]1Cc2cc3ccc(=O)oc3cc2OC1(C)C. The Bertz CT molecular complexity index is 888. The standard InChI is InChI=1S/C19H20O5/c1-5-11(2)18(21)23-16-9-13-8-12-6-7-17(20)22-14(12)10-15(13)24-19(16,3)4/h5-8,10,16H,9H2,1-4H3/b11-5-/t16-/m1/s1. The zero-order valence-corrected chi connectivity index (χ0v) is 14.2. The monoisotopic (exact) mass is 328 g/mol. The molecule has 0 N–H and O–H groups in total. The highest BCUT2D eigenvalue weighted by atomic mass is 16.6. The van der Waals surface area contributed by atoms with Crippen molar-refractivity contribution in [1.29, 1.82) is 0 Å². The fourth-order valence-electron chi connectivity index (χ4n) is 2.72. The largest absolute Gasteiger partial charge is 0.484 e. The molecular formula is C19H20O5. The summed E-state index contributed by atoms with van der Waals surface area (Å²) in [6.07, 6.45) is 1.86. The van der Waals surface area contributed by atoms with Crippen molar-refractivity contribution in [1.82, 2.24) is 0 Å². The third-order valence-corrected chi connectivity index (χ3v) is 4.36. The zero-order chi connectivity index (χ0) is 17.5. The molecule has 1 aliphatic heterocycles. The van der Waals surface area contributed by atoms with Gasteiger partial charge in [0.05, 0.1) is 0 Å². The Morgan fingerprint density at radius 3 is 2.79 bits per heavy atom. The molecule has 126 valence electrons. The molecule has 1 aromatic carbocycles. The summed E-state index contributed by atoms with van der Waals surface area (Å²) < 4.78 is 16.9. The summed E-state index contributed by atoms with van der Waals surface area (Å²) in [5, 5.41) is 0.811. The topological polar surface area (TPSA) is 65.7 Å². The minimum Gasteiger partial charge on any atom is -0.484 e. The van der Waals surface area contributed by atoms with Crippen LogP contribution in [0.25, 0.3) is 11.0 Å². The van der Waals surface area contributed by atoms with Crippen molar-refractivity contribution in [3.05, 3.63) is 51.9 Å². The molecule has 1 atom stereocenters. The molecular weight excluding hydrogens is 308 g/mol. The van der Waals surface area contributed by atoms with Crippen LogP contribution in [0.1, 0.15) is 33.3 Å². The highest BCUT2D eigenvalue weighted by Crippen LogP contribution is 2.37. The van der Waals surface area contributed by atoms with Gasteiger partial charge in [-0.1, -0.05) is 6.08 Å². The van der Waals surface area contributed by atoms with Crippen LogP contribution in [0, 0.1) is 0 Å². The fourth-order valence-corrected chi connectivity index (χ4v) is 2.72. The van der Waals surface area contributed by atoms with Gasteiger partial charge >= 0.3 is 11.6 Å². The molecule has 0 amide bonds.